The molecule has 1 saturated heterocycles. The lowest BCUT2D eigenvalue weighted by molar-refractivity contribution is -0.143. The van der Waals surface area contributed by atoms with Crippen LogP contribution in [0.25, 0.3) is 5.69 Å². The molecule has 2 aromatic carbocycles. The van der Waals surface area contributed by atoms with E-state index in [-0.39, 0.29) is 29.4 Å². The number of hydrogen-bond donors (Lipinski definition) is 2. The minimum Gasteiger partial charge on any atom is -0.406 e. The topological polar surface area (TPSA) is 114 Å². The van der Waals surface area contributed by atoms with Gasteiger partial charge in [-0.3, -0.25) is 5.32 Å². The minimum absolute atomic E-state index is 0.0190. The van der Waals surface area contributed by atoms with Crippen molar-refractivity contribution in [2.24, 2.45) is 0 Å². The van der Waals surface area contributed by atoms with Gasteiger partial charge in [0.1, 0.15) is 0 Å². The fourth-order valence-corrected chi connectivity index (χ4v) is 5.17. The number of rotatable bonds is 5. The summed E-state index contributed by atoms with van der Waals surface area (Å²) in [6.45, 7) is 0.0842. The Hall–Kier alpha value is -3.13. The molecule has 0 aliphatic carbocycles. The molecule has 1 aliphatic rings. The molecule has 1 atom stereocenters. The fraction of sp³-hybridized carbons (Fsp3) is 0.238. The Morgan fingerprint density at radius 1 is 1.20 bits per heavy atom. The van der Waals surface area contributed by atoms with Gasteiger partial charge in [-0.15, -0.1) is 0 Å². The van der Waals surface area contributed by atoms with Crippen LogP contribution in [-0.2, 0) is 16.2 Å². The minimum atomic E-state index is -4.92. The van der Waals surface area contributed by atoms with E-state index in [2.05, 4.69) is 10.4 Å². The number of aromatic nitrogens is 2. The number of carbonyl (C=O) groups excluding carboxylic acids is 1. The second-order valence-corrected chi connectivity index (χ2v) is 9.97. The third-order valence-corrected chi connectivity index (χ3v) is 7.24. The van der Waals surface area contributed by atoms with Crippen molar-refractivity contribution < 1.29 is 36.2 Å². The number of hydrogen-bond acceptors (Lipinski definition) is 6. The van der Waals surface area contributed by atoms with Gasteiger partial charge in [0.15, 0.2) is 11.4 Å². The highest BCUT2D eigenvalue weighted by Gasteiger charge is 2.40. The Balaban J connectivity index is 1.54. The summed E-state index contributed by atoms with van der Waals surface area (Å²) >= 11 is 5.78. The maximum Gasteiger partial charge on any atom is 0.437 e. The summed E-state index contributed by atoms with van der Waals surface area (Å²) in [5.41, 5.74) is -1.30. The van der Waals surface area contributed by atoms with Gasteiger partial charge in [0.05, 0.1) is 22.9 Å². The van der Waals surface area contributed by atoms with Gasteiger partial charge in [0, 0.05) is 23.8 Å². The summed E-state index contributed by atoms with van der Waals surface area (Å²) in [7, 11) is -3.94. The maximum atomic E-state index is 13.8. The highest BCUT2D eigenvalue weighted by atomic mass is 35.5. The quantitative estimate of drug-likeness (QED) is 0.517. The standard InChI is InChI=1S/C21H18ClF3N4O5S/c22-13-4-6-15(7-5-13)29-19(21(23,24)25)18(11-26-29)34-20(31)27-14-2-1-3-17(10-14)35(32,33)28-9-8-16(30)12-28/h1-7,10-11,16,30H,8-9,12H2,(H,27,31). The van der Waals surface area contributed by atoms with E-state index in [1.807, 2.05) is 0 Å². The van der Waals surface area contributed by atoms with E-state index in [9.17, 15) is 31.5 Å². The number of nitrogens with zero attached hydrogens (tertiary/aromatic N) is 3. The van der Waals surface area contributed by atoms with Gasteiger partial charge in [-0.1, -0.05) is 17.7 Å². The Labute approximate surface area is 202 Å². The number of amides is 1. The van der Waals surface area contributed by atoms with Crippen LogP contribution >= 0.6 is 11.6 Å². The zero-order valence-corrected chi connectivity index (χ0v) is 19.3. The van der Waals surface area contributed by atoms with Crippen molar-refractivity contribution in [3.05, 3.63) is 65.4 Å². The predicted molar refractivity (Wildman–Crippen MR) is 119 cm³/mol. The number of aliphatic hydroxyl groups is 1. The van der Waals surface area contributed by atoms with Crippen molar-refractivity contribution in [3.63, 3.8) is 0 Å². The van der Waals surface area contributed by atoms with Gasteiger partial charge in [-0.25, -0.2) is 17.9 Å². The van der Waals surface area contributed by atoms with Crippen molar-refractivity contribution in [2.75, 3.05) is 18.4 Å². The first-order valence-corrected chi connectivity index (χ1v) is 12.0. The molecule has 2 N–H and O–H groups in total. The highest BCUT2D eigenvalue weighted by Crippen LogP contribution is 2.38. The van der Waals surface area contributed by atoms with Crippen LogP contribution in [0.1, 0.15) is 12.1 Å². The number of alkyl halides is 3. The van der Waals surface area contributed by atoms with Crippen LogP contribution in [-0.4, -0.2) is 52.9 Å². The normalized spacial score (nSPS) is 16.9. The number of carbonyl (C=O) groups is 1. The van der Waals surface area contributed by atoms with Crippen molar-refractivity contribution in [3.8, 4) is 11.4 Å². The second kappa shape index (κ2) is 9.49. The number of ether oxygens (including phenoxy) is 1. The molecule has 1 aromatic heterocycles. The van der Waals surface area contributed by atoms with E-state index < -0.39 is 39.8 Å². The Morgan fingerprint density at radius 2 is 1.91 bits per heavy atom. The molecule has 35 heavy (non-hydrogen) atoms. The molecule has 186 valence electrons. The van der Waals surface area contributed by atoms with Gasteiger partial charge in [0.25, 0.3) is 0 Å². The summed E-state index contributed by atoms with van der Waals surface area (Å²) in [5, 5.41) is 15.8. The van der Waals surface area contributed by atoms with Gasteiger partial charge in [-0.05, 0) is 48.9 Å². The molecular weight excluding hydrogens is 513 g/mol. The Morgan fingerprint density at radius 3 is 2.54 bits per heavy atom. The number of anilines is 1. The van der Waals surface area contributed by atoms with Crippen LogP contribution in [0.15, 0.2) is 59.6 Å². The fourth-order valence-electron chi connectivity index (χ4n) is 3.50. The zero-order valence-electron chi connectivity index (χ0n) is 17.7. The average molecular weight is 531 g/mol. The molecule has 14 heteroatoms. The van der Waals surface area contributed by atoms with Crippen LogP contribution in [0.4, 0.5) is 23.7 Å². The van der Waals surface area contributed by atoms with E-state index in [1.165, 1.54) is 42.5 Å². The molecule has 0 spiro atoms. The third kappa shape index (κ3) is 5.42. The van der Waals surface area contributed by atoms with E-state index in [1.54, 1.807) is 0 Å². The molecule has 4 rings (SSSR count). The molecule has 2 heterocycles. The van der Waals surface area contributed by atoms with E-state index in [4.69, 9.17) is 16.3 Å². The molecule has 1 fully saturated rings. The van der Waals surface area contributed by atoms with E-state index in [0.717, 1.165) is 16.6 Å². The van der Waals surface area contributed by atoms with Crippen molar-refractivity contribution in [2.45, 2.75) is 23.6 Å². The lowest BCUT2D eigenvalue weighted by Crippen LogP contribution is -2.29. The van der Waals surface area contributed by atoms with Crippen LogP contribution in [0.2, 0.25) is 5.02 Å². The monoisotopic (exact) mass is 530 g/mol. The van der Waals surface area contributed by atoms with E-state index >= 15 is 0 Å². The summed E-state index contributed by atoms with van der Waals surface area (Å²) < 4.78 is 73.3. The molecule has 1 unspecified atom stereocenters. The van der Waals surface area contributed by atoms with Crippen LogP contribution < -0.4 is 10.1 Å². The van der Waals surface area contributed by atoms with Crippen LogP contribution in [0.5, 0.6) is 5.75 Å². The Bertz CT molecular complexity index is 1350. The van der Waals surface area contributed by atoms with Crippen molar-refractivity contribution in [1.82, 2.24) is 14.1 Å². The van der Waals surface area contributed by atoms with E-state index in [0.29, 0.717) is 16.1 Å². The van der Waals surface area contributed by atoms with Gasteiger partial charge >= 0.3 is 12.3 Å². The highest BCUT2D eigenvalue weighted by molar-refractivity contribution is 7.89. The lowest BCUT2D eigenvalue weighted by atomic mass is 10.3. The molecule has 0 radical (unpaired) electrons. The molecular formula is C21H18ClF3N4O5S. The van der Waals surface area contributed by atoms with Crippen molar-refractivity contribution >= 4 is 33.4 Å². The van der Waals surface area contributed by atoms with Crippen LogP contribution in [0.3, 0.4) is 0 Å². The number of nitrogens with one attached hydrogen (secondary N) is 1. The molecule has 1 amide bonds. The molecule has 9 nitrogen and oxygen atoms in total. The number of aliphatic hydroxyl groups excluding tert-OH is 1. The second-order valence-electron chi connectivity index (χ2n) is 7.59. The lowest BCUT2D eigenvalue weighted by Gasteiger charge is -2.16. The number of β-amino-alcohol motifs (C(OH)–C–C–N with tert-alkyl or cyclic N) is 1. The molecule has 0 saturated carbocycles. The molecule has 0 bridgehead atoms. The van der Waals surface area contributed by atoms with Gasteiger partial charge in [0.2, 0.25) is 10.0 Å². The first-order valence-electron chi connectivity index (χ1n) is 10.1. The zero-order chi connectivity index (χ0) is 25.4. The number of benzene rings is 2. The molecule has 1 aliphatic heterocycles. The van der Waals surface area contributed by atoms with Crippen molar-refractivity contribution in [1.29, 1.82) is 0 Å². The Kier molecular flexibility index (Phi) is 6.77. The van der Waals surface area contributed by atoms with Gasteiger partial charge in [-0.2, -0.15) is 22.6 Å². The number of sulfonamides is 1. The smallest absolute Gasteiger partial charge is 0.406 e. The first kappa shape index (κ1) is 25.0. The largest absolute Gasteiger partial charge is 0.437 e. The molecule has 3 aromatic rings. The third-order valence-electron chi connectivity index (χ3n) is 5.12. The van der Waals surface area contributed by atoms with Crippen LogP contribution in [0, 0.1) is 0 Å². The predicted octanol–water partition coefficient (Wildman–Crippen LogP) is 3.91. The summed E-state index contributed by atoms with van der Waals surface area (Å²) in [5.74, 6) is -0.847. The maximum absolute atomic E-state index is 13.8. The van der Waals surface area contributed by atoms with Gasteiger partial charge < -0.3 is 9.84 Å². The number of halogens is 4. The average Bonchev–Trinajstić information content (AvgIpc) is 3.41. The summed E-state index contributed by atoms with van der Waals surface area (Å²) in [6, 6.07) is 10.6. The first-order chi connectivity index (χ1) is 16.4. The summed E-state index contributed by atoms with van der Waals surface area (Å²) in [4.78, 5) is 12.2. The SMILES string of the molecule is O=C(Nc1cccc(S(=O)(=O)N2CCC(O)C2)c1)Oc1cnn(-c2ccc(Cl)cc2)c1C(F)(F)F. The summed E-state index contributed by atoms with van der Waals surface area (Å²) in [6.07, 6.45) is -5.92.